The molecule has 100 valence electrons. The third-order valence-corrected chi connectivity index (χ3v) is 3.67. The van der Waals surface area contributed by atoms with Crippen LogP contribution in [0.5, 0.6) is 0 Å². The number of primary amides is 1. The van der Waals surface area contributed by atoms with E-state index in [-0.39, 0.29) is 5.91 Å². The first kappa shape index (κ1) is 14.5. The number of carbonyl (C=O) groups excluding carboxylic acids is 1. The molecule has 0 heterocycles. The Morgan fingerprint density at radius 3 is 1.71 bits per heavy atom. The van der Waals surface area contributed by atoms with Crippen LogP contribution in [-0.2, 0) is 4.79 Å². The van der Waals surface area contributed by atoms with Crippen LogP contribution in [0.3, 0.4) is 0 Å². The molecule has 1 saturated carbocycles. The normalized spacial score (nSPS) is 21.4. The van der Waals surface area contributed by atoms with Crippen LogP contribution in [0.15, 0.2) is 0 Å². The number of hydrogen-bond acceptors (Lipinski definition) is 2. The van der Waals surface area contributed by atoms with E-state index in [0.717, 1.165) is 0 Å². The Morgan fingerprint density at radius 1 is 0.882 bits per heavy atom. The van der Waals surface area contributed by atoms with Crippen LogP contribution in [0.25, 0.3) is 0 Å². The second-order valence-electron chi connectivity index (χ2n) is 5.30. The van der Waals surface area contributed by atoms with Crippen LogP contribution >= 0.6 is 0 Å². The van der Waals surface area contributed by atoms with Crippen molar-refractivity contribution in [2.24, 2.45) is 5.73 Å². The highest BCUT2D eigenvalue weighted by molar-refractivity contribution is 5.75. The van der Waals surface area contributed by atoms with E-state index in [1.165, 1.54) is 70.6 Å². The lowest BCUT2D eigenvalue weighted by Crippen LogP contribution is -2.36. The van der Waals surface area contributed by atoms with Crippen LogP contribution in [0, 0.1) is 0 Å². The first-order valence-corrected chi connectivity index (χ1v) is 7.31. The van der Waals surface area contributed by atoms with Crippen molar-refractivity contribution in [1.82, 2.24) is 5.32 Å². The van der Waals surface area contributed by atoms with E-state index in [4.69, 9.17) is 5.73 Å². The van der Waals surface area contributed by atoms with Crippen molar-refractivity contribution in [3.8, 4) is 0 Å². The Kier molecular flexibility index (Phi) is 8.06. The van der Waals surface area contributed by atoms with Crippen LogP contribution < -0.4 is 11.1 Å². The molecule has 1 aliphatic rings. The SMILES string of the molecule is NC(=O)CNC1CCCCCCCCCCC1. The first-order chi connectivity index (χ1) is 8.29. The Morgan fingerprint density at radius 2 is 1.29 bits per heavy atom. The molecule has 0 radical (unpaired) electrons. The molecular formula is C14H28N2O. The summed E-state index contributed by atoms with van der Waals surface area (Å²) in [7, 11) is 0. The molecule has 1 aliphatic carbocycles. The molecule has 0 aliphatic heterocycles. The summed E-state index contributed by atoms with van der Waals surface area (Å²) in [6, 6.07) is 0.502. The molecule has 0 aromatic rings. The molecule has 0 saturated heterocycles. The maximum atomic E-state index is 10.8. The van der Waals surface area contributed by atoms with E-state index < -0.39 is 0 Å². The Balaban J connectivity index is 2.24. The fraction of sp³-hybridized carbons (Fsp3) is 0.929. The predicted octanol–water partition coefficient (Wildman–Crippen LogP) is 2.73. The second-order valence-corrected chi connectivity index (χ2v) is 5.30. The number of nitrogens with two attached hydrogens (primary N) is 1. The zero-order valence-electron chi connectivity index (χ0n) is 11.0. The minimum atomic E-state index is -0.240. The highest BCUT2D eigenvalue weighted by Gasteiger charge is 2.09. The fourth-order valence-corrected chi connectivity index (χ4v) is 2.61. The Labute approximate surface area is 106 Å². The van der Waals surface area contributed by atoms with Gasteiger partial charge in [-0.3, -0.25) is 4.79 Å². The molecule has 1 rings (SSSR count). The van der Waals surface area contributed by atoms with Crippen molar-refractivity contribution in [2.75, 3.05) is 6.54 Å². The van der Waals surface area contributed by atoms with Gasteiger partial charge < -0.3 is 11.1 Å². The van der Waals surface area contributed by atoms with Crippen molar-refractivity contribution in [1.29, 1.82) is 0 Å². The van der Waals surface area contributed by atoms with Gasteiger partial charge in [-0.1, -0.05) is 57.8 Å². The van der Waals surface area contributed by atoms with Crippen molar-refractivity contribution in [3.05, 3.63) is 0 Å². The minimum Gasteiger partial charge on any atom is -0.369 e. The average molecular weight is 240 g/mol. The summed E-state index contributed by atoms with van der Waals surface area (Å²) in [5.41, 5.74) is 5.18. The molecular weight excluding hydrogens is 212 g/mol. The second kappa shape index (κ2) is 9.46. The Bertz CT molecular complexity index is 194. The third kappa shape index (κ3) is 8.19. The molecule has 3 heteroatoms. The van der Waals surface area contributed by atoms with E-state index >= 15 is 0 Å². The smallest absolute Gasteiger partial charge is 0.231 e. The van der Waals surface area contributed by atoms with Gasteiger partial charge in [-0.25, -0.2) is 0 Å². The van der Waals surface area contributed by atoms with Gasteiger partial charge >= 0.3 is 0 Å². The average Bonchev–Trinajstić information content (AvgIpc) is 2.28. The van der Waals surface area contributed by atoms with Crippen molar-refractivity contribution in [3.63, 3.8) is 0 Å². The molecule has 3 nitrogen and oxygen atoms in total. The first-order valence-electron chi connectivity index (χ1n) is 7.31. The Hall–Kier alpha value is -0.570. The van der Waals surface area contributed by atoms with Gasteiger partial charge in [0.1, 0.15) is 0 Å². The van der Waals surface area contributed by atoms with Crippen LogP contribution in [0.1, 0.15) is 70.6 Å². The topological polar surface area (TPSA) is 55.1 Å². The number of hydrogen-bond donors (Lipinski definition) is 2. The van der Waals surface area contributed by atoms with Crippen LogP contribution in [0.2, 0.25) is 0 Å². The summed E-state index contributed by atoms with van der Waals surface area (Å²) in [5, 5.41) is 3.30. The predicted molar refractivity (Wildman–Crippen MR) is 71.8 cm³/mol. The summed E-state index contributed by atoms with van der Waals surface area (Å²) >= 11 is 0. The van der Waals surface area contributed by atoms with Crippen molar-refractivity contribution < 1.29 is 4.79 Å². The molecule has 0 unspecified atom stereocenters. The van der Waals surface area contributed by atoms with Gasteiger partial charge in [0, 0.05) is 6.04 Å². The van der Waals surface area contributed by atoms with Crippen molar-refractivity contribution in [2.45, 2.75) is 76.7 Å². The lowest BCUT2D eigenvalue weighted by Gasteiger charge is -2.18. The summed E-state index contributed by atoms with van der Waals surface area (Å²) in [4.78, 5) is 10.8. The highest BCUT2D eigenvalue weighted by atomic mass is 16.1. The zero-order valence-corrected chi connectivity index (χ0v) is 11.0. The van der Waals surface area contributed by atoms with E-state index in [2.05, 4.69) is 5.32 Å². The number of carbonyl (C=O) groups is 1. The quantitative estimate of drug-likeness (QED) is 0.797. The third-order valence-electron chi connectivity index (χ3n) is 3.67. The van der Waals surface area contributed by atoms with Gasteiger partial charge in [0.25, 0.3) is 0 Å². The van der Waals surface area contributed by atoms with Gasteiger partial charge in [0.2, 0.25) is 5.91 Å². The standard InChI is InChI=1S/C14H28N2O/c15-14(17)12-16-13-10-8-6-4-2-1-3-5-7-9-11-13/h13,16H,1-12H2,(H2,15,17). The maximum Gasteiger partial charge on any atom is 0.231 e. The van der Waals surface area contributed by atoms with E-state index in [1.807, 2.05) is 0 Å². The van der Waals surface area contributed by atoms with E-state index in [9.17, 15) is 4.79 Å². The molecule has 0 bridgehead atoms. The van der Waals surface area contributed by atoms with Gasteiger partial charge in [-0.2, -0.15) is 0 Å². The van der Waals surface area contributed by atoms with E-state index in [0.29, 0.717) is 12.6 Å². The molecule has 17 heavy (non-hydrogen) atoms. The lowest BCUT2D eigenvalue weighted by molar-refractivity contribution is -0.117. The van der Waals surface area contributed by atoms with Gasteiger partial charge in [0.15, 0.2) is 0 Å². The number of amides is 1. The summed E-state index contributed by atoms with van der Waals surface area (Å²) in [5.74, 6) is -0.240. The molecule has 0 aromatic heterocycles. The monoisotopic (exact) mass is 240 g/mol. The number of nitrogens with one attached hydrogen (secondary N) is 1. The maximum absolute atomic E-state index is 10.8. The van der Waals surface area contributed by atoms with E-state index in [1.54, 1.807) is 0 Å². The number of rotatable bonds is 3. The molecule has 1 fully saturated rings. The lowest BCUT2D eigenvalue weighted by atomic mass is 9.98. The molecule has 0 spiro atoms. The van der Waals surface area contributed by atoms with Crippen LogP contribution in [0.4, 0.5) is 0 Å². The highest BCUT2D eigenvalue weighted by Crippen LogP contribution is 2.16. The summed E-state index contributed by atoms with van der Waals surface area (Å²) in [6.45, 7) is 0.338. The summed E-state index contributed by atoms with van der Waals surface area (Å²) in [6.07, 6.45) is 14.6. The molecule has 1 amide bonds. The minimum absolute atomic E-state index is 0.240. The zero-order chi connectivity index (χ0) is 12.3. The fourth-order valence-electron chi connectivity index (χ4n) is 2.61. The van der Waals surface area contributed by atoms with Crippen molar-refractivity contribution >= 4 is 5.91 Å². The molecule has 3 N–H and O–H groups in total. The van der Waals surface area contributed by atoms with Gasteiger partial charge in [0.05, 0.1) is 6.54 Å². The van der Waals surface area contributed by atoms with Gasteiger partial charge in [-0.15, -0.1) is 0 Å². The van der Waals surface area contributed by atoms with Crippen LogP contribution in [-0.4, -0.2) is 18.5 Å². The largest absolute Gasteiger partial charge is 0.369 e. The molecule has 0 atom stereocenters. The van der Waals surface area contributed by atoms with Gasteiger partial charge in [-0.05, 0) is 12.8 Å². The molecule has 0 aromatic carbocycles. The summed E-state index contributed by atoms with van der Waals surface area (Å²) < 4.78 is 0.